The third-order valence-corrected chi connectivity index (χ3v) is 1.65. The zero-order chi connectivity index (χ0) is 10.1. The molecule has 0 saturated heterocycles. The maximum Gasteiger partial charge on any atom is 0.238 e. The van der Waals surface area contributed by atoms with E-state index in [1.54, 1.807) is 4.68 Å². The number of nitrogens with zero attached hydrogens (tertiary/aromatic N) is 3. The van der Waals surface area contributed by atoms with Gasteiger partial charge in [-0.25, -0.2) is 4.68 Å². The summed E-state index contributed by atoms with van der Waals surface area (Å²) < 4.78 is 2.18. The van der Waals surface area contributed by atoms with E-state index in [9.17, 15) is 0 Å². The fourth-order valence-electron chi connectivity index (χ4n) is 0.672. The van der Waals surface area contributed by atoms with Crippen LogP contribution in [0.3, 0.4) is 0 Å². The van der Waals surface area contributed by atoms with Crippen molar-refractivity contribution in [3.8, 4) is 0 Å². The number of hydrogen-bond donors (Lipinski definition) is 2. The van der Waals surface area contributed by atoms with E-state index in [-0.39, 0.29) is 0 Å². The summed E-state index contributed by atoms with van der Waals surface area (Å²) in [5, 5.41) is 12.8. The third-order valence-electron chi connectivity index (χ3n) is 1.35. The molecule has 6 heteroatoms. The Morgan fingerprint density at radius 1 is 1.38 bits per heavy atom. The quantitative estimate of drug-likeness (QED) is 0.719. The van der Waals surface area contributed by atoms with Crippen molar-refractivity contribution in [2.75, 3.05) is 13.1 Å². The number of H-pyrrole nitrogens is 1. The van der Waals surface area contributed by atoms with Crippen LogP contribution in [-0.2, 0) is 6.54 Å². The molecule has 0 amide bonds. The molecule has 0 saturated carbocycles. The minimum Gasteiger partial charge on any atom is -0.317 e. The lowest BCUT2D eigenvalue weighted by Crippen LogP contribution is -2.09. The van der Waals surface area contributed by atoms with E-state index in [1.807, 2.05) is 6.92 Å². The number of nitrogens with one attached hydrogen (secondary N) is 2. The molecule has 0 spiro atoms. The highest BCUT2D eigenvalue weighted by atomic mass is 32.1. The van der Waals surface area contributed by atoms with Crippen molar-refractivity contribution in [3.63, 3.8) is 0 Å². The number of aromatic amines is 1. The fourth-order valence-corrected chi connectivity index (χ4v) is 0.883. The van der Waals surface area contributed by atoms with Crippen LogP contribution in [0.2, 0.25) is 0 Å². The van der Waals surface area contributed by atoms with Crippen molar-refractivity contribution in [2.45, 2.75) is 27.3 Å². The third kappa shape index (κ3) is 5.48. The van der Waals surface area contributed by atoms with E-state index >= 15 is 0 Å². The summed E-state index contributed by atoms with van der Waals surface area (Å²) >= 11 is 4.74. The van der Waals surface area contributed by atoms with E-state index < -0.39 is 0 Å². The van der Waals surface area contributed by atoms with Gasteiger partial charge in [0.05, 0.1) is 0 Å². The van der Waals surface area contributed by atoms with Crippen molar-refractivity contribution in [1.29, 1.82) is 0 Å². The minimum absolute atomic E-state index is 0.507. The molecule has 0 radical (unpaired) electrons. The Kier molecular flexibility index (Phi) is 7.42. The average Bonchev–Trinajstić information content (AvgIpc) is 2.53. The summed E-state index contributed by atoms with van der Waals surface area (Å²) in [5.41, 5.74) is 0. The maximum absolute atomic E-state index is 4.74. The van der Waals surface area contributed by atoms with Gasteiger partial charge in [0.15, 0.2) is 0 Å². The van der Waals surface area contributed by atoms with Gasteiger partial charge in [-0.1, -0.05) is 24.2 Å². The lowest BCUT2D eigenvalue weighted by molar-refractivity contribution is 0.620. The van der Waals surface area contributed by atoms with Gasteiger partial charge < -0.3 is 5.32 Å². The number of rotatable bonds is 3. The second-order valence-corrected chi connectivity index (χ2v) is 2.65. The highest BCUT2D eigenvalue weighted by Crippen LogP contribution is 1.78. The van der Waals surface area contributed by atoms with Gasteiger partial charge in [0.2, 0.25) is 4.77 Å². The van der Waals surface area contributed by atoms with E-state index in [1.165, 1.54) is 0 Å². The molecular formula is C7H17N5S. The molecule has 0 aliphatic rings. The number of aryl methyl sites for hydroxylation is 1. The Morgan fingerprint density at radius 3 is 2.15 bits per heavy atom. The van der Waals surface area contributed by atoms with Crippen LogP contribution in [0.25, 0.3) is 0 Å². The van der Waals surface area contributed by atoms with Crippen LogP contribution < -0.4 is 5.32 Å². The molecule has 0 bridgehead atoms. The van der Waals surface area contributed by atoms with Crippen LogP contribution >= 0.6 is 12.2 Å². The summed E-state index contributed by atoms with van der Waals surface area (Å²) in [6.07, 6.45) is 0. The average molecular weight is 203 g/mol. The Labute approximate surface area is 83.5 Å². The Balaban J connectivity index is 0.000000252. The molecular weight excluding hydrogens is 186 g/mol. The highest BCUT2D eigenvalue weighted by Gasteiger charge is 1.85. The molecule has 0 atom stereocenters. The molecule has 0 unspecified atom stereocenters. The Morgan fingerprint density at radius 2 is 2.00 bits per heavy atom. The molecule has 2 N–H and O–H groups in total. The molecule has 76 valence electrons. The van der Waals surface area contributed by atoms with Crippen molar-refractivity contribution in [1.82, 2.24) is 25.5 Å². The molecule has 1 heterocycles. The standard InChI is InChI=1S/C4H11N.C3H6N4S/c1-3-5-4-2;1-2-7-3(8)4-5-6-7/h5H,3-4H2,1-2H3;2H2,1H3,(H,4,6,8). The van der Waals surface area contributed by atoms with Crippen LogP contribution in [0.15, 0.2) is 0 Å². The molecule has 0 aliphatic carbocycles. The normalized spacial score (nSPS) is 9.15. The SMILES string of the molecule is CCNCC.CCn1[nH]nnc1=S. The van der Waals surface area contributed by atoms with Crippen molar-refractivity contribution in [2.24, 2.45) is 0 Å². The summed E-state index contributed by atoms with van der Waals surface area (Å²) in [5.74, 6) is 0. The van der Waals surface area contributed by atoms with Gasteiger partial charge >= 0.3 is 0 Å². The fraction of sp³-hybridized carbons (Fsp3) is 0.857. The van der Waals surface area contributed by atoms with E-state index in [2.05, 4.69) is 34.7 Å². The smallest absolute Gasteiger partial charge is 0.238 e. The Bertz CT molecular complexity index is 251. The zero-order valence-electron chi connectivity index (χ0n) is 8.37. The van der Waals surface area contributed by atoms with E-state index in [0.717, 1.165) is 19.6 Å². The molecule has 1 aromatic heterocycles. The molecule has 0 aromatic carbocycles. The van der Waals surface area contributed by atoms with Gasteiger partial charge in [0.25, 0.3) is 0 Å². The topological polar surface area (TPSA) is 58.5 Å². The first-order chi connectivity index (χ1) is 6.26. The Hall–Kier alpha value is -0.750. The van der Waals surface area contributed by atoms with Crippen LogP contribution in [0.1, 0.15) is 20.8 Å². The van der Waals surface area contributed by atoms with Crippen LogP contribution in [0.4, 0.5) is 0 Å². The minimum atomic E-state index is 0.507. The molecule has 0 fully saturated rings. The summed E-state index contributed by atoms with van der Waals surface area (Å²) in [6, 6.07) is 0. The molecule has 0 aliphatic heterocycles. The lowest BCUT2D eigenvalue weighted by Gasteiger charge is -1.87. The number of aromatic nitrogens is 4. The van der Waals surface area contributed by atoms with Gasteiger partial charge in [0.1, 0.15) is 0 Å². The predicted molar refractivity (Wildman–Crippen MR) is 55.1 cm³/mol. The maximum atomic E-state index is 4.74. The highest BCUT2D eigenvalue weighted by molar-refractivity contribution is 7.71. The first-order valence-electron chi connectivity index (χ1n) is 4.44. The van der Waals surface area contributed by atoms with E-state index in [4.69, 9.17) is 12.2 Å². The first-order valence-corrected chi connectivity index (χ1v) is 4.85. The molecule has 13 heavy (non-hydrogen) atoms. The first kappa shape index (κ1) is 12.2. The largest absolute Gasteiger partial charge is 0.317 e. The second-order valence-electron chi connectivity index (χ2n) is 2.28. The molecule has 5 nitrogen and oxygen atoms in total. The van der Waals surface area contributed by atoms with Crippen LogP contribution in [0, 0.1) is 4.77 Å². The predicted octanol–water partition coefficient (Wildman–Crippen LogP) is 0.971. The summed E-state index contributed by atoms with van der Waals surface area (Å²) in [7, 11) is 0. The van der Waals surface area contributed by atoms with Gasteiger partial charge in [-0.05, 0) is 32.2 Å². The van der Waals surface area contributed by atoms with Crippen molar-refractivity contribution in [3.05, 3.63) is 4.77 Å². The summed E-state index contributed by atoms with van der Waals surface area (Å²) in [4.78, 5) is 0. The molecule has 1 rings (SSSR count). The number of hydrogen-bond acceptors (Lipinski definition) is 4. The number of tetrazole rings is 1. The summed E-state index contributed by atoms with van der Waals surface area (Å²) in [6.45, 7) is 9.15. The monoisotopic (exact) mass is 203 g/mol. The van der Waals surface area contributed by atoms with Gasteiger partial charge in [-0.3, -0.25) is 0 Å². The van der Waals surface area contributed by atoms with Gasteiger partial charge in [-0.2, -0.15) is 5.21 Å². The zero-order valence-corrected chi connectivity index (χ0v) is 9.19. The van der Waals surface area contributed by atoms with E-state index in [0.29, 0.717) is 4.77 Å². The molecule has 1 aromatic rings. The second kappa shape index (κ2) is 7.88. The van der Waals surface area contributed by atoms with Crippen molar-refractivity contribution < 1.29 is 0 Å². The van der Waals surface area contributed by atoms with Gasteiger partial charge in [-0.15, -0.1) is 0 Å². The lowest BCUT2D eigenvalue weighted by atomic mass is 10.7. The van der Waals surface area contributed by atoms with Crippen LogP contribution in [0.5, 0.6) is 0 Å². The van der Waals surface area contributed by atoms with Gasteiger partial charge in [0, 0.05) is 6.54 Å². The van der Waals surface area contributed by atoms with Crippen LogP contribution in [-0.4, -0.2) is 33.3 Å². The van der Waals surface area contributed by atoms with Crippen molar-refractivity contribution >= 4 is 12.2 Å².